The van der Waals surface area contributed by atoms with Crippen molar-refractivity contribution in [2.75, 3.05) is 6.61 Å². The summed E-state index contributed by atoms with van der Waals surface area (Å²) in [4.78, 5) is 32.0. The van der Waals surface area contributed by atoms with Gasteiger partial charge in [-0.15, -0.1) is 0 Å². The summed E-state index contributed by atoms with van der Waals surface area (Å²) in [6.07, 6.45) is 0.742. The van der Waals surface area contributed by atoms with E-state index < -0.39 is 17.7 Å². The van der Waals surface area contributed by atoms with Crippen molar-refractivity contribution in [2.24, 2.45) is 5.92 Å². The Kier molecular flexibility index (Phi) is 5.76. The predicted octanol–water partition coefficient (Wildman–Crippen LogP) is 0.734. The molecule has 4 heteroatoms. The molecule has 0 aliphatic rings. The van der Waals surface area contributed by atoms with Crippen molar-refractivity contribution in [1.82, 2.24) is 0 Å². The molecule has 0 fully saturated rings. The molecule has 74 valence electrons. The predicted molar refractivity (Wildman–Crippen MR) is 46.1 cm³/mol. The first-order valence-corrected chi connectivity index (χ1v) is 4.30. The standard InChI is InChI=1S/C9H14O4/c1-3-7(8(11)6-10)5-9(12)13-4-2/h6-7H,3-5H2,1-2H3. The van der Waals surface area contributed by atoms with Crippen LogP contribution in [0.4, 0.5) is 0 Å². The van der Waals surface area contributed by atoms with E-state index in [1.54, 1.807) is 13.8 Å². The summed E-state index contributed by atoms with van der Waals surface area (Å²) in [5, 5.41) is 0. The summed E-state index contributed by atoms with van der Waals surface area (Å²) in [5.74, 6) is -1.48. The van der Waals surface area contributed by atoms with E-state index in [9.17, 15) is 14.4 Å². The molecule has 0 spiro atoms. The maximum atomic E-state index is 10.9. The molecule has 0 aromatic heterocycles. The second kappa shape index (κ2) is 6.34. The lowest BCUT2D eigenvalue weighted by atomic mass is 9.98. The molecule has 0 radical (unpaired) electrons. The van der Waals surface area contributed by atoms with Crippen molar-refractivity contribution in [3.8, 4) is 0 Å². The van der Waals surface area contributed by atoms with Gasteiger partial charge in [0.15, 0.2) is 12.1 Å². The van der Waals surface area contributed by atoms with Gasteiger partial charge in [0.1, 0.15) is 0 Å². The molecule has 0 heterocycles. The van der Waals surface area contributed by atoms with Gasteiger partial charge in [0.2, 0.25) is 0 Å². The van der Waals surface area contributed by atoms with E-state index in [-0.39, 0.29) is 12.7 Å². The number of esters is 1. The van der Waals surface area contributed by atoms with Crippen molar-refractivity contribution in [3.05, 3.63) is 0 Å². The minimum Gasteiger partial charge on any atom is -0.466 e. The van der Waals surface area contributed by atoms with E-state index in [1.165, 1.54) is 0 Å². The van der Waals surface area contributed by atoms with Gasteiger partial charge in [-0.2, -0.15) is 0 Å². The first-order valence-electron chi connectivity index (χ1n) is 4.30. The van der Waals surface area contributed by atoms with Crippen LogP contribution in [0, 0.1) is 5.92 Å². The molecule has 4 nitrogen and oxygen atoms in total. The Morgan fingerprint density at radius 2 is 2.00 bits per heavy atom. The van der Waals surface area contributed by atoms with Gasteiger partial charge in [-0.05, 0) is 13.3 Å². The van der Waals surface area contributed by atoms with E-state index in [4.69, 9.17) is 0 Å². The lowest BCUT2D eigenvalue weighted by molar-refractivity contribution is -0.146. The van der Waals surface area contributed by atoms with Crippen LogP contribution in [0.15, 0.2) is 0 Å². The molecule has 1 atom stereocenters. The maximum Gasteiger partial charge on any atom is 0.306 e. The molecular weight excluding hydrogens is 172 g/mol. The molecule has 0 aliphatic carbocycles. The van der Waals surface area contributed by atoms with Gasteiger partial charge in [-0.25, -0.2) is 0 Å². The maximum absolute atomic E-state index is 10.9. The van der Waals surface area contributed by atoms with Crippen LogP contribution < -0.4 is 0 Å². The lowest BCUT2D eigenvalue weighted by Gasteiger charge is -2.08. The quantitative estimate of drug-likeness (QED) is 0.348. The molecule has 0 aromatic carbocycles. The van der Waals surface area contributed by atoms with E-state index >= 15 is 0 Å². The molecule has 0 saturated carbocycles. The highest BCUT2D eigenvalue weighted by molar-refractivity contribution is 6.26. The number of rotatable bonds is 6. The van der Waals surface area contributed by atoms with Crippen molar-refractivity contribution in [3.63, 3.8) is 0 Å². The number of hydrogen-bond acceptors (Lipinski definition) is 4. The fourth-order valence-corrected chi connectivity index (χ4v) is 0.963. The van der Waals surface area contributed by atoms with Crippen molar-refractivity contribution >= 4 is 18.0 Å². The SMILES string of the molecule is CCOC(=O)CC(CC)C(=O)C=O. The normalized spacial score (nSPS) is 11.8. The van der Waals surface area contributed by atoms with Crippen LogP contribution in [0.3, 0.4) is 0 Å². The minimum absolute atomic E-state index is 0.00190. The number of aldehydes is 1. The Morgan fingerprint density at radius 3 is 2.38 bits per heavy atom. The Bertz CT molecular complexity index is 198. The summed E-state index contributed by atoms with van der Waals surface area (Å²) in [6, 6.07) is 0. The van der Waals surface area contributed by atoms with Gasteiger partial charge in [0.25, 0.3) is 0 Å². The summed E-state index contributed by atoms with van der Waals surface area (Å²) in [6.45, 7) is 3.75. The van der Waals surface area contributed by atoms with Gasteiger partial charge in [-0.1, -0.05) is 6.92 Å². The third kappa shape index (κ3) is 4.40. The van der Waals surface area contributed by atoms with Gasteiger partial charge in [0.05, 0.1) is 13.0 Å². The molecule has 0 aliphatic heterocycles. The minimum atomic E-state index is -0.532. The number of hydrogen-bond donors (Lipinski definition) is 0. The Labute approximate surface area is 77.3 Å². The number of carbonyl (C=O) groups excluding carboxylic acids is 3. The zero-order valence-electron chi connectivity index (χ0n) is 7.91. The van der Waals surface area contributed by atoms with E-state index in [0.717, 1.165) is 0 Å². The summed E-state index contributed by atoms with van der Waals surface area (Å²) in [7, 11) is 0. The topological polar surface area (TPSA) is 60.4 Å². The van der Waals surface area contributed by atoms with Gasteiger partial charge in [-0.3, -0.25) is 14.4 Å². The third-order valence-electron chi connectivity index (χ3n) is 1.73. The van der Waals surface area contributed by atoms with Crippen molar-refractivity contribution < 1.29 is 19.1 Å². The average Bonchev–Trinajstić information content (AvgIpc) is 2.13. The van der Waals surface area contributed by atoms with E-state index in [0.29, 0.717) is 13.0 Å². The van der Waals surface area contributed by atoms with Crippen LogP contribution in [-0.4, -0.2) is 24.6 Å². The summed E-state index contributed by atoms with van der Waals surface area (Å²) < 4.78 is 4.66. The molecule has 0 aromatic rings. The van der Waals surface area contributed by atoms with Crippen LogP contribution in [0.5, 0.6) is 0 Å². The number of ether oxygens (including phenoxy) is 1. The van der Waals surface area contributed by atoms with Gasteiger partial charge in [0, 0.05) is 5.92 Å². The molecule has 0 N–H and O–H groups in total. The average molecular weight is 186 g/mol. The zero-order chi connectivity index (χ0) is 10.3. The number of Topliss-reactive ketones (excluding diaryl/α,β-unsaturated/α-hetero) is 1. The molecule has 0 amide bonds. The second-order valence-corrected chi connectivity index (χ2v) is 2.63. The number of ketones is 1. The van der Waals surface area contributed by atoms with Crippen LogP contribution >= 0.6 is 0 Å². The molecule has 0 bridgehead atoms. The number of carbonyl (C=O) groups is 3. The third-order valence-corrected chi connectivity index (χ3v) is 1.73. The highest BCUT2D eigenvalue weighted by Crippen LogP contribution is 2.09. The van der Waals surface area contributed by atoms with E-state index in [2.05, 4.69) is 4.74 Å². The zero-order valence-corrected chi connectivity index (χ0v) is 7.91. The Balaban J connectivity index is 4.04. The molecular formula is C9H14O4. The van der Waals surface area contributed by atoms with Crippen LogP contribution in [0.25, 0.3) is 0 Å². The van der Waals surface area contributed by atoms with Crippen molar-refractivity contribution in [2.45, 2.75) is 26.7 Å². The lowest BCUT2D eigenvalue weighted by Crippen LogP contribution is -2.20. The molecule has 0 rings (SSSR count). The van der Waals surface area contributed by atoms with Crippen LogP contribution in [-0.2, 0) is 19.1 Å². The molecule has 1 unspecified atom stereocenters. The van der Waals surface area contributed by atoms with Crippen molar-refractivity contribution in [1.29, 1.82) is 0 Å². The first kappa shape index (κ1) is 11.8. The largest absolute Gasteiger partial charge is 0.466 e. The van der Waals surface area contributed by atoms with E-state index in [1.807, 2.05) is 0 Å². The highest BCUT2D eigenvalue weighted by atomic mass is 16.5. The first-order chi connectivity index (χ1) is 6.15. The van der Waals surface area contributed by atoms with Crippen LogP contribution in [0.2, 0.25) is 0 Å². The fourth-order valence-electron chi connectivity index (χ4n) is 0.963. The fraction of sp³-hybridized carbons (Fsp3) is 0.667. The smallest absolute Gasteiger partial charge is 0.306 e. The summed E-state index contributed by atoms with van der Waals surface area (Å²) >= 11 is 0. The second-order valence-electron chi connectivity index (χ2n) is 2.63. The highest BCUT2D eigenvalue weighted by Gasteiger charge is 2.19. The monoisotopic (exact) mass is 186 g/mol. The van der Waals surface area contributed by atoms with Gasteiger partial charge < -0.3 is 4.74 Å². The Hall–Kier alpha value is -1.19. The van der Waals surface area contributed by atoms with Crippen LogP contribution in [0.1, 0.15) is 26.7 Å². The molecule has 0 saturated heterocycles. The van der Waals surface area contributed by atoms with Gasteiger partial charge >= 0.3 is 5.97 Å². The summed E-state index contributed by atoms with van der Waals surface area (Å²) in [5.41, 5.74) is 0. The Morgan fingerprint density at radius 1 is 1.38 bits per heavy atom. The molecule has 13 heavy (non-hydrogen) atoms.